The summed E-state index contributed by atoms with van der Waals surface area (Å²) in [5.41, 5.74) is 5.45. The molecule has 19 heavy (non-hydrogen) atoms. The number of rotatable bonds is 5. The molecule has 0 aliphatic carbocycles. The Bertz CT molecular complexity index is 443. The minimum absolute atomic E-state index is 0.235. The first kappa shape index (κ1) is 15.7. The molecule has 2 amide bonds. The molecule has 0 spiro atoms. The maximum Gasteiger partial charge on any atom is 0.426 e. The molecule has 0 heterocycles. The zero-order valence-electron chi connectivity index (χ0n) is 10.4. The fourth-order valence-electron chi connectivity index (χ4n) is 1.21. The molecule has 0 atom stereocenters. The Balaban J connectivity index is 2.18. The van der Waals surface area contributed by atoms with Gasteiger partial charge in [0.25, 0.3) is 0 Å². The van der Waals surface area contributed by atoms with Crippen LogP contribution >= 0.6 is 23.4 Å². The quantitative estimate of drug-likeness (QED) is 0.819. The number of nitrogens with one attached hydrogen (secondary N) is 2. The van der Waals surface area contributed by atoms with Crippen molar-refractivity contribution < 1.29 is 14.3 Å². The lowest BCUT2D eigenvalue weighted by atomic mass is 10.2. The topological polar surface area (TPSA) is 67.4 Å². The molecule has 0 bridgehead atoms. The average Bonchev–Trinajstić information content (AvgIpc) is 2.37. The van der Waals surface area contributed by atoms with E-state index in [0.717, 1.165) is 5.56 Å². The van der Waals surface area contributed by atoms with Crippen LogP contribution in [0.4, 0.5) is 4.79 Å². The van der Waals surface area contributed by atoms with Gasteiger partial charge < -0.3 is 4.74 Å². The van der Waals surface area contributed by atoms with Crippen LogP contribution in [0.2, 0.25) is 5.02 Å². The van der Waals surface area contributed by atoms with Crippen molar-refractivity contribution in [3.8, 4) is 0 Å². The number of ether oxygens (including phenoxy) is 1. The van der Waals surface area contributed by atoms with Gasteiger partial charge in [0, 0.05) is 10.8 Å². The zero-order chi connectivity index (χ0) is 14.1. The summed E-state index contributed by atoms with van der Waals surface area (Å²) in [6, 6.07) is 7.45. The Kier molecular flexibility index (Phi) is 7.14. The van der Waals surface area contributed by atoms with Crippen LogP contribution in [-0.2, 0) is 15.3 Å². The standard InChI is InChI=1S/C12H15ClN2O3S/c1-2-18-12(17)15-14-11(16)8-19-7-9-4-3-5-10(13)6-9/h3-6H,2,7-8H2,1H3,(H,14,16)(H,15,17). The van der Waals surface area contributed by atoms with E-state index in [9.17, 15) is 9.59 Å². The number of amides is 2. The van der Waals surface area contributed by atoms with E-state index < -0.39 is 6.09 Å². The predicted molar refractivity (Wildman–Crippen MR) is 75.9 cm³/mol. The van der Waals surface area contributed by atoms with E-state index in [1.807, 2.05) is 18.2 Å². The summed E-state index contributed by atoms with van der Waals surface area (Å²) >= 11 is 7.28. The number of hydrogen-bond donors (Lipinski definition) is 2. The van der Waals surface area contributed by atoms with Crippen LogP contribution < -0.4 is 10.9 Å². The molecule has 5 nitrogen and oxygen atoms in total. The minimum Gasteiger partial charge on any atom is -0.449 e. The van der Waals surface area contributed by atoms with Crippen molar-refractivity contribution in [3.63, 3.8) is 0 Å². The molecule has 1 aromatic rings. The lowest BCUT2D eigenvalue weighted by Crippen LogP contribution is -2.42. The number of carbonyl (C=O) groups excluding carboxylic acids is 2. The average molecular weight is 303 g/mol. The second kappa shape index (κ2) is 8.66. The van der Waals surface area contributed by atoms with Gasteiger partial charge in [0.2, 0.25) is 5.91 Å². The highest BCUT2D eigenvalue weighted by atomic mass is 35.5. The highest BCUT2D eigenvalue weighted by Gasteiger charge is 2.04. The van der Waals surface area contributed by atoms with Gasteiger partial charge in [-0.25, -0.2) is 10.2 Å². The molecule has 0 radical (unpaired) electrons. The molecule has 0 saturated heterocycles. The van der Waals surface area contributed by atoms with E-state index in [1.165, 1.54) is 11.8 Å². The fourth-order valence-corrected chi connectivity index (χ4v) is 2.20. The summed E-state index contributed by atoms with van der Waals surface area (Å²) in [4.78, 5) is 22.3. The number of hydrazine groups is 1. The summed E-state index contributed by atoms with van der Waals surface area (Å²) in [5, 5.41) is 0.673. The van der Waals surface area contributed by atoms with Crippen molar-refractivity contribution in [2.24, 2.45) is 0 Å². The maximum absolute atomic E-state index is 11.4. The highest BCUT2D eigenvalue weighted by Crippen LogP contribution is 2.16. The van der Waals surface area contributed by atoms with Crippen LogP contribution in [-0.4, -0.2) is 24.4 Å². The van der Waals surface area contributed by atoms with Crippen LogP contribution in [0.15, 0.2) is 24.3 Å². The second-order valence-electron chi connectivity index (χ2n) is 3.52. The lowest BCUT2D eigenvalue weighted by Gasteiger charge is -2.07. The molecule has 0 aliphatic heterocycles. The lowest BCUT2D eigenvalue weighted by molar-refractivity contribution is -0.119. The van der Waals surface area contributed by atoms with E-state index in [-0.39, 0.29) is 18.3 Å². The van der Waals surface area contributed by atoms with Crippen LogP contribution in [0.1, 0.15) is 12.5 Å². The van der Waals surface area contributed by atoms with Crippen molar-refractivity contribution in [3.05, 3.63) is 34.9 Å². The third kappa shape index (κ3) is 6.93. The van der Waals surface area contributed by atoms with E-state index in [4.69, 9.17) is 11.6 Å². The van der Waals surface area contributed by atoms with Crippen LogP contribution in [0.25, 0.3) is 0 Å². The van der Waals surface area contributed by atoms with E-state index in [2.05, 4.69) is 15.6 Å². The second-order valence-corrected chi connectivity index (χ2v) is 4.94. The first-order chi connectivity index (χ1) is 9.11. The van der Waals surface area contributed by atoms with Crippen molar-refractivity contribution in [1.82, 2.24) is 10.9 Å². The van der Waals surface area contributed by atoms with Crippen molar-refractivity contribution in [2.45, 2.75) is 12.7 Å². The largest absolute Gasteiger partial charge is 0.449 e. The molecule has 2 N–H and O–H groups in total. The molecule has 0 unspecified atom stereocenters. The smallest absolute Gasteiger partial charge is 0.426 e. The Morgan fingerprint density at radius 2 is 2.16 bits per heavy atom. The van der Waals surface area contributed by atoms with Gasteiger partial charge in [-0.15, -0.1) is 11.8 Å². The molecule has 7 heteroatoms. The Labute approximate surface area is 121 Å². The summed E-state index contributed by atoms with van der Waals surface area (Å²) in [5.74, 6) is 0.617. The molecule has 0 aromatic heterocycles. The minimum atomic E-state index is -0.671. The third-order valence-corrected chi connectivity index (χ3v) is 3.21. The highest BCUT2D eigenvalue weighted by molar-refractivity contribution is 7.99. The van der Waals surface area contributed by atoms with Crippen molar-refractivity contribution >= 4 is 35.4 Å². The Hall–Kier alpha value is -1.40. The van der Waals surface area contributed by atoms with Gasteiger partial charge in [-0.05, 0) is 24.6 Å². The first-order valence-electron chi connectivity index (χ1n) is 5.65. The summed E-state index contributed by atoms with van der Waals surface area (Å²) in [7, 11) is 0. The van der Waals surface area contributed by atoms with Gasteiger partial charge in [-0.2, -0.15) is 0 Å². The predicted octanol–water partition coefficient (Wildman–Crippen LogP) is 2.35. The Morgan fingerprint density at radius 3 is 2.84 bits per heavy atom. The van der Waals surface area contributed by atoms with Crippen molar-refractivity contribution in [2.75, 3.05) is 12.4 Å². The zero-order valence-corrected chi connectivity index (χ0v) is 12.0. The number of carbonyl (C=O) groups is 2. The summed E-state index contributed by atoms with van der Waals surface area (Å²) in [6.07, 6.45) is -0.671. The van der Waals surface area contributed by atoms with Crippen LogP contribution in [0, 0.1) is 0 Å². The van der Waals surface area contributed by atoms with Gasteiger partial charge in [0.1, 0.15) is 0 Å². The Morgan fingerprint density at radius 1 is 1.37 bits per heavy atom. The summed E-state index contributed by atoms with van der Waals surface area (Å²) < 4.78 is 4.59. The van der Waals surface area contributed by atoms with Gasteiger partial charge in [-0.3, -0.25) is 10.2 Å². The van der Waals surface area contributed by atoms with Crippen LogP contribution in [0.5, 0.6) is 0 Å². The molecule has 0 fully saturated rings. The maximum atomic E-state index is 11.4. The number of halogens is 1. The van der Waals surface area contributed by atoms with Gasteiger partial charge >= 0.3 is 6.09 Å². The van der Waals surface area contributed by atoms with E-state index in [0.29, 0.717) is 10.8 Å². The third-order valence-electron chi connectivity index (χ3n) is 1.97. The molecule has 0 saturated carbocycles. The molecule has 1 rings (SSSR count). The normalized spacial score (nSPS) is 9.79. The number of thioether (sulfide) groups is 1. The van der Waals surface area contributed by atoms with Crippen molar-refractivity contribution in [1.29, 1.82) is 0 Å². The monoisotopic (exact) mass is 302 g/mol. The molecule has 1 aromatic carbocycles. The molecule has 0 aliphatic rings. The molecule has 104 valence electrons. The summed E-state index contributed by atoms with van der Waals surface area (Å²) in [6.45, 7) is 1.94. The molecular formula is C12H15ClN2O3S. The van der Waals surface area contributed by atoms with Gasteiger partial charge in [-0.1, -0.05) is 23.7 Å². The molecular weight excluding hydrogens is 288 g/mol. The van der Waals surface area contributed by atoms with E-state index >= 15 is 0 Å². The van der Waals surface area contributed by atoms with Gasteiger partial charge in [0.15, 0.2) is 0 Å². The van der Waals surface area contributed by atoms with Crippen LogP contribution in [0.3, 0.4) is 0 Å². The van der Waals surface area contributed by atoms with Gasteiger partial charge in [0.05, 0.1) is 12.4 Å². The van der Waals surface area contributed by atoms with E-state index in [1.54, 1.807) is 13.0 Å². The first-order valence-corrected chi connectivity index (χ1v) is 7.19. The number of hydrogen-bond acceptors (Lipinski definition) is 4. The fraction of sp³-hybridized carbons (Fsp3) is 0.333. The number of benzene rings is 1. The SMILES string of the molecule is CCOC(=O)NNC(=O)CSCc1cccc(Cl)c1.